The molecule has 0 fully saturated rings. The fourth-order valence-corrected chi connectivity index (χ4v) is 2.85. The van der Waals surface area contributed by atoms with Gasteiger partial charge in [0.05, 0.1) is 34.9 Å². The fourth-order valence-electron chi connectivity index (χ4n) is 2.07. The number of anilines is 1. The number of aromatic nitrogens is 1. The van der Waals surface area contributed by atoms with Crippen LogP contribution in [0.5, 0.6) is 0 Å². The largest absolute Gasteiger partial charge is 0.375 e. The van der Waals surface area contributed by atoms with Crippen LogP contribution in [0.4, 0.5) is 5.13 Å². The number of nitrogens with zero attached hydrogens (tertiary/aromatic N) is 2. The second kappa shape index (κ2) is 4.41. The summed E-state index contributed by atoms with van der Waals surface area (Å²) in [5.74, 6) is 0. The summed E-state index contributed by atoms with van der Waals surface area (Å²) in [6, 6.07) is 9.60. The molecule has 0 bridgehead atoms. The Bertz CT molecular complexity index is 612. The maximum atomic E-state index is 8.77. The van der Waals surface area contributed by atoms with Crippen molar-refractivity contribution in [2.75, 3.05) is 5.73 Å². The Balaban J connectivity index is 1.84. The Morgan fingerprint density at radius 3 is 2.89 bits per heavy atom. The lowest BCUT2D eigenvalue weighted by Crippen LogP contribution is -2.14. The third-order valence-electron chi connectivity index (χ3n) is 3.00. The molecule has 2 aromatic rings. The van der Waals surface area contributed by atoms with Crippen LogP contribution in [-0.4, -0.2) is 4.98 Å². The van der Waals surface area contributed by atoms with E-state index in [1.165, 1.54) is 11.3 Å². The van der Waals surface area contributed by atoms with E-state index in [4.69, 9.17) is 15.7 Å². The minimum Gasteiger partial charge on any atom is -0.375 e. The van der Waals surface area contributed by atoms with Crippen LogP contribution < -0.4 is 5.73 Å². The van der Waals surface area contributed by atoms with Gasteiger partial charge >= 0.3 is 0 Å². The van der Waals surface area contributed by atoms with E-state index in [-0.39, 0.29) is 6.10 Å². The van der Waals surface area contributed by atoms with Crippen molar-refractivity contribution >= 4 is 16.5 Å². The number of thiazole rings is 1. The fraction of sp³-hybridized carbons (Fsp3) is 0.231. The van der Waals surface area contributed by atoms with Crippen molar-refractivity contribution < 1.29 is 4.74 Å². The number of rotatable bonds is 1. The third kappa shape index (κ3) is 1.96. The van der Waals surface area contributed by atoms with Gasteiger partial charge in [-0.3, -0.25) is 0 Å². The first-order chi connectivity index (χ1) is 8.76. The van der Waals surface area contributed by atoms with E-state index in [2.05, 4.69) is 11.1 Å². The van der Waals surface area contributed by atoms with Crippen LogP contribution in [0.1, 0.15) is 27.8 Å². The molecule has 1 aliphatic heterocycles. The first-order valence-electron chi connectivity index (χ1n) is 5.62. The summed E-state index contributed by atoms with van der Waals surface area (Å²) in [4.78, 5) is 5.45. The number of hydrogen-bond acceptors (Lipinski definition) is 5. The molecule has 0 saturated carbocycles. The average molecular weight is 257 g/mol. The van der Waals surface area contributed by atoms with Gasteiger partial charge in [0.2, 0.25) is 0 Å². The van der Waals surface area contributed by atoms with Gasteiger partial charge in [-0.25, -0.2) is 4.98 Å². The highest BCUT2D eigenvalue weighted by Gasteiger charge is 2.23. The standard InChI is InChI=1S/C13H11N3OS/c14-6-8-1-3-9(4-2-8)11-5-10-12(7-17-11)18-13(15)16-10/h1-4,11H,5,7H2,(H2,15,16). The molecule has 0 aliphatic carbocycles. The summed E-state index contributed by atoms with van der Waals surface area (Å²) < 4.78 is 5.81. The molecule has 0 saturated heterocycles. The van der Waals surface area contributed by atoms with Crippen LogP contribution in [0.3, 0.4) is 0 Å². The first-order valence-corrected chi connectivity index (χ1v) is 6.43. The number of fused-ring (bicyclic) bond motifs is 1. The van der Waals surface area contributed by atoms with Crippen LogP contribution in [0.15, 0.2) is 24.3 Å². The van der Waals surface area contributed by atoms with Crippen molar-refractivity contribution in [1.29, 1.82) is 5.26 Å². The van der Waals surface area contributed by atoms with Crippen molar-refractivity contribution in [2.24, 2.45) is 0 Å². The van der Waals surface area contributed by atoms with E-state index >= 15 is 0 Å². The summed E-state index contributed by atoms with van der Waals surface area (Å²) in [7, 11) is 0. The van der Waals surface area contributed by atoms with Gasteiger partial charge in [-0.2, -0.15) is 5.26 Å². The highest BCUT2D eigenvalue weighted by molar-refractivity contribution is 7.15. The van der Waals surface area contributed by atoms with Crippen molar-refractivity contribution in [2.45, 2.75) is 19.1 Å². The Labute approximate surface area is 109 Å². The van der Waals surface area contributed by atoms with E-state index in [0.717, 1.165) is 22.6 Å². The maximum absolute atomic E-state index is 8.77. The zero-order valence-electron chi connectivity index (χ0n) is 9.59. The van der Waals surface area contributed by atoms with Crippen molar-refractivity contribution in [3.63, 3.8) is 0 Å². The van der Waals surface area contributed by atoms with Gasteiger partial charge in [0.25, 0.3) is 0 Å². The molecule has 1 aromatic carbocycles. The van der Waals surface area contributed by atoms with Crippen LogP contribution >= 0.6 is 11.3 Å². The van der Waals surface area contributed by atoms with Crippen molar-refractivity contribution in [1.82, 2.24) is 4.98 Å². The van der Waals surface area contributed by atoms with E-state index in [0.29, 0.717) is 17.3 Å². The van der Waals surface area contributed by atoms with Crippen molar-refractivity contribution in [3.05, 3.63) is 46.0 Å². The zero-order valence-corrected chi connectivity index (χ0v) is 10.4. The molecule has 2 heterocycles. The zero-order chi connectivity index (χ0) is 12.5. The molecular formula is C13H11N3OS. The minimum absolute atomic E-state index is 0.00624. The molecule has 1 aliphatic rings. The number of nitrogen functional groups attached to an aromatic ring is 1. The van der Waals surface area contributed by atoms with E-state index < -0.39 is 0 Å². The number of hydrogen-bond donors (Lipinski definition) is 1. The average Bonchev–Trinajstić information content (AvgIpc) is 2.78. The molecule has 0 spiro atoms. The minimum atomic E-state index is 0.00624. The predicted octanol–water partition coefficient (Wildman–Crippen LogP) is 2.41. The number of ether oxygens (including phenoxy) is 1. The van der Waals surface area contributed by atoms with Crippen LogP contribution in [0.25, 0.3) is 0 Å². The topological polar surface area (TPSA) is 71.9 Å². The van der Waals surface area contributed by atoms with Crippen LogP contribution in [0.2, 0.25) is 0 Å². The normalized spacial score (nSPS) is 18.1. The van der Waals surface area contributed by atoms with Crippen LogP contribution in [0, 0.1) is 11.3 Å². The summed E-state index contributed by atoms with van der Waals surface area (Å²) in [5, 5.41) is 9.37. The molecule has 90 valence electrons. The maximum Gasteiger partial charge on any atom is 0.180 e. The quantitative estimate of drug-likeness (QED) is 0.851. The smallest absolute Gasteiger partial charge is 0.180 e. The lowest BCUT2D eigenvalue weighted by atomic mass is 10.0. The molecule has 3 rings (SSSR count). The van der Waals surface area contributed by atoms with Gasteiger partial charge in [-0.1, -0.05) is 23.5 Å². The summed E-state index contributed by atoms with van der Waals surface area (Å²) in [5.41, 5.74) is 8.47. The van der Waals surface area contributed by atoms with Gasteiger partial charge in [-0.05, 0) is 17.7 Å². The molecule has 1 unspecified atom stereocenters. The molecule has 0 amide bonds. The Hall–Kier alpha value is -1.90. The molecule has 0 radical (unpaired) electrons. The number of benzene rings is 1. The molecule has 4 nitrogen and oxygen atoms in total. The highest BCUT2D eigenvalue weighted by Crippen LogP contribution is 2.33. The van der Waals surface area contributed by atoms with E-state index in [9.17, 15) is 0 Å². The molecule has 1 aromatic heterocycles. The molecule has 5 heteroatoms. The van der Waals surface area contributed by atoms with Gasteiger partial charge < -0.3 is 10.5 Å². The summed E-state index contributed by atoms with van der Waals surface area (Å²) in [6.07, 6.45) is 0.751. The van der Waals surface area contributed by atoms with Crippen molar-refractivity contribution in [3.8, 4) is 6.07 Å². The Morgan fingerprint density at radius 2 is 2.17 bits per heavy atom. The Kier molecular flexibility index (Phi) is 2.74. The molecule has 1 atom stereocenters. The van der Waals surface area contributed by atoms with Gasteiger partial charge in [0.15, 0.2) is 5.13 Å². The lowest BCUT2D eigenvalue weighted by Gasteiger charge is -2.22. The first kappa shape index (κ1) is 11.2. The monoisotopic (exact) mass is 257 g/mol. The number of nitriles is 1. The van der Waals surface area contributed by atoms with Gasteiger partial charge in [-0.15, -0.1) is 0 Å². The summed E-state index contributed by atoms with van der Waals surface area (Å²) in [6.45, 7) is 0.564. The number of nitrogens with two attached hydrogens (primary N) is 1. The second-order valence-electron chi connectivity index (χ2n) is 4.16. The molecule has 2 N–H and O–H groups in total. The SMILES string of the molecule is N#Cc1ccc(C2Cc3nc(N)sc3CO2)cc1. The van der Waals surface area contributed by atoms with Gasteiger partial charge in [0, 0.05) is 6.42 Å². The molecule has 18 heavy (non-hydrogen) atoms. The van der Waals surface area contributed by atoms with Gasteiger partial charge in [0.1, 0.15) is 0 Å². The summed E-state index contributed by atoms with van der Waals surface area (Å²) >= 11 is 1.49. The Morgan fingerprint density at radius 1 is 1.39 bits per heavy atom. The molecular weight excluding hydrogens is 246 g/mol. The second-order valence-corrected chi connectivity index (χ2v) is 5.27. The van der Waals surface area contributed by atoms with E-state index in [1.54, 1.807) is 0 Å². The highest BCUT2D eigenvalue weighted by atomic mass is 32.1. The van der Waals surface area contributed by atoms with Crippen LogP contribution in [-0.2, 0) is 17.8 Å². The third-order valence-corrected chi connectivity index (χ3v) is 3.90. The lowest BCUT2D eigenvalue weighted by molar-refractivity contribution is 0.0285. The van der Waals surface area contributed by atoms with E-state index in [1.807, 2.05) is 24.3 Å². The predicted molar refractivity (Wildman–Crippen MR) is 68.9 cm³/mol.